The van der Waals surface area contributed by atoms with Crippen molar-refractivity contribution in [2.45, 2.75) is 0 Å². The summed E-state index contributed by atoms with van der Waals surface area (Å²) in [4.78, 5) is 0. The Kier molecular flexibility index (Phi) is 8.92. The van der Waals surface area contributed by atoms with Crippen molar-refractivity contribution in [1.82, 2.24) is 13.7 Å². The van der Waals surface area contributed by atoms with Crippen molar-refractivity contribution in [1.29, 1.82) is 15.8 Å². The minimum Gasteiger partial charge on any atom is -0.309 e. The highest BCUT2D eigenvalue weighted by molar-refractivity contribution is 6.13. The lowest BCUT2D eigenvalue weighted by atomic mass is 10.00. The van der Waals surface area contributed by atoms with Crippen molar-refractivity contribution < 1.29 is 0 Å². The van der Waals surface area contributed by atoms with Crippen molar-refractivity contribution in [2.75, 3.05) is 0 Å². The van der Waals surface area contributed by atoms with E-state index in [1.54, 1.807) is 6.07 Å². The molecule has 13 aromatic rings. The molecule has 0 bridgehead atoms. The van der Waals surface area contributed by atoms with Crippen LogP contribution in [0.25, 0.3) is 116 Å². The molecule has 0 aliphatic carbocycles. The Labute approximate surface area is 396 Å². The van der Waals surface area contributed by atoms with Gasteiger partial charge in [0.25, 0.3) is 0 Å². The number of rotatable bonds is 6. The number of nitriles is 3. The van der Waals surface area contributed by atoms with Gasteiger partial charge in [-0.05, 0) is 155 Å². The van der Waals surface area contributed by atoms with Crippen LogP contribution < -0.4 is 0 Å². The smallest absolute Gasteiger partial charge is 0.0992 e. The van der Waals surface area contributed by atoms with E-state index in [1.807, 2.05) is 24.3 Å². The zero-order valence-electron chi connectivity index (χ0n) is 37.0. The van der Waals surface area contributed by atoms with E-state index in [0.717, 1.165) is 94.1 Å². The van der Waals surface area contributed by atoms with E-state index < -0.39 is 0 Å². The van der Waals surface area contributed by atoms with Crippen molar-refractivity contribution in [3.05, 3.63) is 235 Å². The third kappa shape index (κ3) is 6.31. The van der Waals surface area contributed by atoms with Gasteiger partial charge >= 0.3 is 0 Å². The third-order valence-electron chi connectivity index (χ3n) is 13.7. The summed E-state index contributed by atoms with van der Waals surface area (Å²) in [6.07, 6.45) is 0. The van der Waals surface area contributed by atoms with Gasteiger partial charge in [0.1, 0.15) is 0 Å². The van der Waals surface area contributed by atoms with Crippen LogP contribution in [0.15, 0.2) is 218 Å². The quantitative estimate of drug-likeness (QED) is 0.167. The van der Waals surface area contributed by atoms with Crippen molar-refractivity contribution in [2.24, 2.45) is 0 Å². The first-order valence-electron chi connectivity index (χ1n) is 22.8. The monoisotopic (exact) mass is 876 g/mol. The van der Waals surface area contributed by atoms with E-state index in [9.17, 15) is 15.8 Å². The highest BCUT2D eigenvalue weighted by Gasteiger charge is 2.18. The number of hydrogen-bond donors (Lipinski definition) is 0. The van der Waals surface area contributed by atoms with E-state index in [4.69, 9.17) is 0 Å². The molecule has 0 saturated carbocycles. The molecule has 3 aromatic heterocycles. The third-order valence-corrected chi connectivity index (χ3v) is 13.7. The summed E-state index contributed by atoms with van der Waals surface area (Å²) in [5.74, 6) is 0. The summed E-state index contributed by atoms with van der Waals surface area (Å²) >= 11 is 0. The standard InChI is InChI=1S/C63H36N6/c64-37-40-14-26-60-54(33-40)57-36-47(46-20-28-61-56(35-46)53-11-4-6-12-58(53)67(61)49-8-2-1-3-9-49)21-29-63(57)69(60)51-22-15-43(16-23-51)45-19-27-62-55(34-45)52-10-5-7-13-59(52)68(62)50-24-17-44(18-25-50)48-31-41(38-65)30-42(32-48)39-66/h1-36H. The van der Waals surface area contributed by atoms with Gasteiger partial charge in [-0.25, -0.2) is 0 Å². The van der Waals surface area contributed by atoms with Crippen LogP contribution in [0.3, 0.4) is 0 Å². The normalized spacial score (nSPS) is 11.4. The molecule has 0 aliphatic rings. The number of aromatic nitrogens is 3. The van der Waals surface area contributed by atoms with Gasteiger partial charge < -0.3 is 13.7 Å². The predicted molar refractivity (Wildman–Crippen MR) is 280 cm³/mol. The molecule has 0 fully saturated rings. The average molecular weight is 877 g/mol. The largest absolute Gasteiger partial charge is 0.309 e. The van der Waals surface area contributed by atoms with Crippen LogP contribution in [0, 0.1) is 34.0 Å². The Morgan fingerprint density at radius 1 is 0.232 bits per heavy atom. The number of benzene rings is 10. The molecule has 0 unspecified atom stereocenters. The van der Waals surface area contributed by atoms with Gasteiger partial charge in [0, 0.05) is 49.4 Å². The topological polar surface area (TPSA) is 86.2 Å². The van der Waals surface area contributed by atoms with Crippen LogP contribution in [-0.4, -0.2) is 13.7 Å². The van der Waals surface area contributed by atoms with E-state index in [-0.39, 0.29) is 0 Å². The molecule has 0 spiro atoms. The average Bonchev–Trinajstić information content (AvgIpc) is 4.05. The van der Waals surface area contributed by atoms with E-state index >= 15 is 0 Å². The van der Waals surface area contributed by atoms with E-state index in [0.29, 0.717) is 16.7 Å². The summed E-state index contributed by atoms with van der Waals surface area (Å²) < 4.78 is 6.94. The van der Waals surface area contributed by atoms with Crippen LogP contribution >= 0.6 is 0 Å². The molecule has 0 aliphatic heterocycles. The van der Waals surface area contributed by atoms with Crippen molar-refractivity contribution >= 4 is 65.4 Å². The molecule has 318 valence electrons. The maximum atomic E-state index is 10.0. The fraction of sp³-hybridized carbons (Fsp3) is 0. The molecule has 13 rings (SSSR count). The molecule has 6 nitrogen and oxygen atoms in total. The van der Waals surface area contributed by atoms with Gasteiger partial charge in [-0.2, -0.15) is 15.8 Å². The summed E-state index contributed by atoms with van der Waals surface area (Å²) in [7, 11) is 0. The van der Waals surface area contributed by atoms with Gasteiger partial charge in [0.05, 0.1) is 68.0 Å². The van der Waals surface area contributed by atoms with Crippen LogP contribution in [0.2, 0.25) is 0 Å². The molecule has 10 aromatic carbocycles. The number of hydrogen-bond acceptors (Lipinski definition) is 3. The fourth-order valence-corrected chi connectivity index (χ4v) is 10.5. The minimum absolute atomic E-state index is 0.465. The molecule has 0 atom stereocenters. The Hall–Kier alpha value is -9.93. The highest BCUT2D eigenvalue weighted by Crippen LogP contribution is 2.40. The number of nitrogens with zero attached hydrogens (tertiary/aromatic N) is 6. The Morgan fingerprint density at radius 2 is 0.580 bits per heavy atom. The molecule has 6 heteroatoms. The van der Waals surface area contributed by atoms with Crippen molar-refractivity contribution in [3.63, 3.8) is 0 Å². The molecule has 0 radical (unpaired) electrons. The summed E-state index contributed by atoms with van der Waals surface area (Å²) in [5, 5.41) is 36.0. The second-order valence-corrected chi connectivity index (χ2v) is 17.5. The fourth-order valence-electron chi connectivity index (χ4n) is 10.5. The van der Waals surface area contributed by atoms with Crippen LogP contribution in [0.4, 0.5) is 0 Å². The van der Waals surface area contributed by atoms with E-state index in [1.165, 1.54) is 21.8 Å². The lowest BCUT2D eigenvalue weighted by Crippen LogP contribution is -1.94. The zero-order chi connectivity index (χ0) is 46.2. The Balaban J connectivity index is 0.872. The number of fused-ring (bicyclic) bond motifs is 9. The van der Waals surface area contributed by atoms with Crippen molar-refractivity contribution in [3.8, 4) is 68.7 Å². The molecule has 0 saturated heterocycles. The van der Waals surface area contributed by atoms with Gasteiger partial charge in [-0.1, -0.05) is 97.1 Å². The molecular weight excluding hydrogens is 841 g/mol. The summed E-state index contributed by atoms with van der Waals surface area (Å²) in [6, 6.07) is 82.9. The van der Waals surface area contributed by atoms with Crippen LogP contribution in [0.1, 0.15) is 16.7 Å². The van der Waals surface area contributed by atoms with Gasteiger partial charge in [-0.15, -0.1) is 0 Å². The maximum Gasteiger partial charge on any atom is 0.0992 e. The van der Waals surface area contributed by atoms with Gasteiger partial charge in [0.15, 0.2) is 0 Å². The second kappa shape index (κ2) is 15.6. The summed E-state index contributed by atoms with van der Waals surface area (Å²) in [5.41, 5.74) is 17.7. The molecule has 69 heavy (non-hydrogen) atoms. The lowest BCUT2D eigenvalue weighted by Gasteiger charge is -2.11. The predicted octanol–water partition coefficient (Wildman–Crippen LogP) is 15.6. The second-order valence-electron chi connectivity index (χ2n) is 17.5. The number of para-hydroxylation sites is 3. The van der Waals surface area contributed by atoms with Crippen LogP contribution in [0.5, 0.6) is 0 Å². The highest BCUT2D eigenvalue weighted by atomic mass is 15.0. The minimum atomic E-state index is 0.465. The molecular formula is C63H36N6. The maximum absolute atomic E-state index is 10.0. The molecule has 0 N–H and O–H groups in total. The Bertz CT molecular complexity index is 4340. The summed E-state index contributed by atoms with van der Waals surface area (Å²) in [6.45, 7) is 0. The van der Waals surface area contributed by atoms with Gasteiger partial charge in [-0.3, -0.25) is 0 Å². The first kappa shape index (κ1) is 39.4. The SMILES string of the molecule is N#Cc1cc(C#N)cc(-c2ccc(-n3c4ccccc4c4cc(-c5ccc(-n6c7ccc(C#N)cc7c7cc(-c8ccc9c(c8)c8ccccc8n9-c8ccccc8)ccc76)cc5)ccc43)cc2)c1. The first-order chi connectivity index (χ1) is 34.0. The lowest BCUT2D eigenvalue weighted by molar-refractivity contribution is 1.18. The zero-order valence-corrected chi connectivity index (χ0v) is 37.0. The van der Waals surface area contributed by atoms with Crippen LogP contribution in [-0.2, 0) is 0 Å². The Morgan fingerprint density at radius 3 is 1.06 bits per heavy atom. The van der Waals surface area contributed by atoms with E-state index in [2.05, 4.69) is 220 Å². The van der Waals surface area contributed by atoms with Gasteiger partial charge in [0.2, 0.25) is 0 Å². The molecule has 3 heterocycles. The molecule has 0 amide bonds. The first-order valence-corrected chi connectivity index (χ1v) is 22.8.